The van der Waals surface area contributed by atoms with Crippen LogP contribution in [-0.4, -0.2) is 44.2 Å². The fraction of sp³-hybridized carbons (Fsp3) is 0.588. The molecule has 0 fully saturated rings. The monoisotopic (exact) mass is 372 g/mol. The lowest BCUT2D eigenvalue weighted by molar-refractivity contribution is -0.119. The van der Waals surface area contributed by atoms with E-state index < -0.39 is 10.0 Å². The largest absolute Gasteiger partial charge is 0.354 e. The Morgan fingerprint density at radius 2 is 1.88 bits per heavy atom. The molecule has 0 atom stereocenters. The van der Waals surface area contributed by atoms with Crippen LogP contribution in [0, 0.1) is 0 Å². The Labute approximate surface area is 150 Å². The van der Waals surface area contributed by atoms with Gasteiger partial charge in [0, 0.05) is 17.0 Å². The zero-order valence-electron chi connectivity index (χ0n) is 15.1. The van der Waals surface area contributed by atoms with Crippen molar-refractivity contribution >= 4 is 33.4 Å². The molecule has 1 aromatic carbocycles. The third-order valence-electron chi connectivity index (χ3n) is 3.29. The lowest BCUT2D eigenvalue weighted by Gasteiger charge is -2.24. The van der Waals surface area contributed by atoms with E-state index in [9.17, 15) is 13.2 Å². The van der Waals surface area contributed by atoms with Gasteiger partial charge >= 0.3 is 0 Å². The first-order chi connectivity index (χ1) is 11.0. The van der Waals surface area contributed by atoms with Crippen molar-refractivity contribution in [1.29, 1.82) is 0 Å². The summed E-state index contributed by atoms with van der Waals surface area (Å²) in [5.74, 6) is 0.500. The Morgan fingerprint density at radius 1 is 1.25 bits per heavy atom. The molecule has 24 heavy (non-hydrogen) atoms. The number of rotatable bonds is 8. The number of para-hydroxylation sites is 1. The molecule has 7 heteroatoms. The van der Waals surface area contributed by atoms with Gasteiger partial charge in [-0.25, -0.2) is 8.42 Å². The average Bonchev–Trinajstić information content (AvgIpc) is 2.47. The summed E-state index contributed by atoms with van der Waals surface area (Å²) in [6, 6.07) is 7.27. The SMILES string of the molecule is CCc1ccccc1N(CC(=O)NCCSC(C)(C)C)S(C)(=O)=O. The highest BCUT2D eigenvalue weighted by Crippen LogP contribution is 2.23. The maximum Gasteiger partial charge on any atom is 0.240 e. The molecule has 0 aliphatic carbocycles. The van der Waals surface area contributed by atoms with Gasteiger partial charge in [0.2, 0.25) is 15.9 Å². The molecule has 5 nitrogen and oxygen atoms in total. The molecule has 0 saturated heterocycles. The molecule has 0 radical (unpaired) electrons. The fourth-order valence-electron chi connectivity index (χ4n) is 2.17. The van der Waals surface area contributed by atoms with Crippen LogP contribution in [0.25, 0.3) is 0 Å². The molecular weight excluding hydrogens is 344 g/mol. The number of nitrogens with one attached hydrogen (secondary N) is 1. The van der Waals surface area contributed by atoms with Gasteiger partial charge in [-0.15, -0.1) is 0 Å². The predicted molar refractivity (Wildman–Crippen MR) is 103 cm³/mol. The first kappa shape index (κ1) is 20.8. The van der Waals surface area contributed by atoms with Gasteiger partial charge in [0.15, 0.2) is 0 Å². The molecular formula is C17H28N2O3S2. The van der Waals surface area contributed by atoms with Crippen molar-refractivity contribution in [3.63, 3.8) is 0 Å². The standard InChI is InChI=1S/C17H28N2O3S2/c1-6-14-9-7-8-10-15(14)19(24(5,21)22)13-16(20)18-11-12-23-17(2,3)4/h7-10H,6,11-13H2,1-5H3,(H,18,20). The number of anilines is 1. The highest BCUT2D eigenvalue weighted by molar-refractivity contribution is 8.00. The number of hydrogen-bond acceptors (Lipinski definition) is 4. The Bertz CT molecular complexity index is 652. The maximum atomic E-state index is 12.2. The normalized spacial score (nSPS) is 12.0. The second-order valence-electron chi connectivity index (χ2n) is 6.56. The summed E-state index contributed by atoms with van der Waals surface area (Å²) in [5.41, 5.74) is 1.47. The van der Waals surface area contributed by atoms with E-state index in [1.54, 1.807) is 23.9 Å². The summed E-state index contributed by atoms with van der Waals surface area (Å²) < 4.78 is 25.6. The first-order valence-corrected chi connectivity index (χ1v) is 10.8. The van der Waals surface area contributed by atoms with E-state index in [2.05, 4.69) is 26.1 Å². The second-order valence-corrected chi connectivity index (χ2v) is 10.4. The average molecular weight is 373 g/mol. The molecule has 0 bridgehead atoms. The second kappa shape index (κ2) is 8.76. The van der Waals surface area contributed by atoms with Gasteiger partial charge in [-0.1, -0.05) is 45.9 Å². The Hall–Kier alpha value is -1.21. The molecule has 0 aromatic heterocycles. The van der Waals surface area contributed by atoms with Crippen LogP contribution in [0.15, 0.2) is 24.3 Å². The van der Waals surface area contributed by atoms with E-state index >= 15 is 0 Å². The van der Waals surface area contributed by atoms with Crippen molar-refractivity contribution in [2.45, 2.75) is 38.9 Å². The van der Waals surface area contributed by atoms with Gasteiger partial charge in [0.05, 0.1) is 11.9 Å². The van der Waals surface area contributed by atoms with Crippen LogP contribution in [0.4, 0.5) is 5.69 Å². The summed E-state index contributed by atoms with van der Waals surface area (Å²) in [6.45, 7) is 8.64. The van der Waals surface area contributed by atoms with E-state index in [4.69, 9.17) is 0 Å². The van der Waals surface area contributed by atoms with Crippen LogP contribution in [0.5, 0.6) is 0 Å². The molecule has 0 unspecified atom stereocenters. The number of amides is 1. The number of carbonyl (C=O) groups excluding carboxylic acids is 1. The summed E-state index contributed by atoms with van der Waals surface area (Å²) in [5, 5.41) is 2.80. The topological polar surface area (TPSA) is 66.5 Å². The number of carbonyl (C=O) groups is 1. The zero-order chi connectivity index (χ0) is 18.4. The number of hydrogen-bond donors (Lipinski definition) is 1. The van der Waals surface area contributed by atoms with Crippen molar-refractivity contribution in [3.8, 4) is 0 Å². The van der Waals surface area contributed by atoms with Crippen LogP contribution in [-0.2, 0) is 21.2 Å². The Balaban J connectivity index is 2.76. The first-order valence-electron chi connectivity index (χ1n) is 8.01. The van der Waals surface area contributed by atoms with E-state index in [1.165, 1.54) is 4.31 Å². The fourth-order valence-corrected chi connectivity index (χ4v) is 3.87. The number of sulfonamides is 1. The number of aryl methyl sites for hydroxylation is 1. The van der Waals surface area contributed by atoms with Gasteiger partial charge in [0.25, 0.3) is 0 Å². The molecule has 0 spiro atoms. The van der Waals surface area contributed by atoms with E-state index in [0.717, 1.165) is 17.6 Å². The molecule has 0 aliphatic rings. The van der Waals surface area contributed by atoms with Crippen molar-refractivity contribution in [2.75, 3.05) is 29.4 Å². The van der Waals surface area contributed by atoms with Gasteiger partial charge < -0.3 is 5.32 Å². The molecule has 136 valence electrons. The van der Waals surface area contributed by atoms with Crippen LogP contribution in [0.2, 0.25) is 0 Å². The van der Waals surface area contributed by atoms with Crippen LogP contribution in [0.3, 0.4) is 0 Å². The minimum atomic E-state index is -3.53. The smallest absolute Gasteiger partial charge is 0.240 e. The van der Waals surface area contributed by atoms with E-state index in [0.29, 0.717) is 18.7 Å². The molecule has 1 N–H and O–H groups in total. The summed E-state index contributed by atoms with van der Waals surface area (Å²) in [4.78, 5) is 12.2. The van der Waals surface area contributed by atoms with Crippen molar-refractivity contribution in [2.24, 2.45) is 0 Å². The van der Waals surface area contributed by atoms with Gasteiger partial charge in [-0.2, -0.15) is 11.8 Å². The highest BCUT2D eigenvalue weighted by Gasteiger charge is 2.22. The minimum Gasteiger partial charge on any atom is -0.354 e. The predicted octanol–water partition coefficient (Wildman–Crippen LogP) is 2.66. The maximum absolute atomic E-state index is 12.2. The number of thioether (sulfide) groups is 1. The highest BCUT2D eigenvalue weighted by atomic mass is 32.2. The number of nitrogens with zero attached hydrogens (tertiary/aromatic N) is 1. The third-order valence-corrected chi connectivity index (χ3v) is 5.69. The third kappa shape index (κ3) is 7.13. The Morgan fingerprint density at radius 3 is 2.42 bits per heavy atom. The summed E-state index contributed by atoms with van der Waals surface area (Å²) >= 11 is 1.76. The molecule has 0 saturated carbocycles. The van der Waals surface area contributed by atoms with Crippen molar-refractivity contribution in [3.05, 3.63) is 29.8 Å². The van der Waals surface area contributed by atoms with Crippen LogP contribution < -0.4 is 9.62 Å². The van der Waals surface area contributed by atoms with E-state index in [-0.39, 0.29) is 17.2 Å². The summed E-state index contributed by atoms with van der Waals surface area (Å²) in [6.07, 6.45) is 1.83. The lowest BCUT2D eigenvalue weighted by atomic mass is 10.1. The molecule has 0 heterocycles. The molecule has 1 amide bonds. The summed E-state index contributed by atoms with van der Waals surface area (Å²) in [7, 11) is -3.53. The zero-order valence-corrected chi connectivity index (χ0v) is 16.8. The minimum absolute atomic E-state index is 0.142. The van der Waals surface area contributed by atoms with Crippen LogP contribution >= 0.6 is 11.8 Å². The van der Waals surface area contributed by atoms with E-state index in [1.807, 2.05) is 19.1 Å². The molecule has 1 rings (SSSR count). The quantitative estimate of drug-likeness (QED) is 0.713. The van der Waals surface area contributed by atoms with Crippen molar-refractivity contribution < 1.29 is 13.2 Å². The van der Waals surface area contributed by atoms with Crippen molar-refractivity contribution in [1.82, 2.24) is 5.32 Å². The van der Waals surface area contributed by atoms with Gasteiger partial charge in [0.1, 0.15) is 6.54 Å². The van der Waals surface area contributed by atoms with Gasteiger partial charge in [-0.3, -0.25) is 9.10 Å². The number of benzene rings is 1. The Kier molecular flexibility index (Phi) is 7.60. The molecule has 0 aliphatic heterocycles. The lowest BCUT2D eigenvalue weighted by Crippen LogP contribution is -2.41. The van der Waals surface area contributed by atoms with Gasteiger partial charge in [-0.05, 0) is 18.1 Å². The molecule has 1 aromatic rings. The van der Waals surface area contributed by atoms with Crippen LogP contribution in [0.1, 0.15) is 33.3 Å².